The van der Waals surface area contributed by atoms with Crippen LogP contribution in [-0.4, -0.2) is 13.1 Å². The van der Waals surface area contributed by atoms with Gasteiger partial charge >= 0.3 is 5.97 Å². The SMILES string of the molecule is COC(=O)C12CCC(CC1)CC2.Cl. The van der Waals surface area contributed by atoms with Crippen LogP contribution in [0.2, 0.25) is 0 Å². The Hall–Kier alpha value is -0.240. The smallest absolute Gasteiger partial charge is 0.311 e. The third-order valence-electron chi connectivity index (χ3n) is 3.71. The first-order valence-corrected chi connectivity index (χ1v) is 4.85. The van der Waals surface area contributed by atoms with Gasteiger partial charge in [0.05, 0.1) is 12.5 Å². The molecule has 0 heterocycles. The Morgan fingerprint density at radius 1 is 1.23 bits per heavy atom. The lowest BCUT2D eigenvalue weighted by Crippen LogP contribution is -2.41. The van der Waals surface area contributed by atoms with Gasteiger partial charge in [0.25, 0.3) is 0 Å². The van der Waals surface area contributed by atoms with Gasteiger partial charge in [-0.25, -0.2) is 0 Å². The number of carbonyl (C=O) groups is 1. The van der Waals surface area contributed by atoms with Crippen LogP contribution in [0.5, 0.6) is 0 Å². The Kier molecular flexibility index (Phi) is 3.23. The standard InChI is InChI=1S/C10H16O2.ClH/c1-12-9(11)10-5-2-8(3-6-10)4-7-10;/h8H,2-7H2,1H3;1H. The van der Waals surface area contributed by atoms with Crippen molar-refractivity contribution in [3.8, 4) is 0 Å². The molecule has 2 bridgehead atoms. The zero-order chi connectivity index (χ0) is 8.60. The van der Waals surface area contributed by atoms with E-state index in [1.54, 1.807) is 0 Å². The molecule has 13 heavy (non-hydrogen) atoms. The summed E-state index contributed by atoms with van der Waals surface area (Å²) in [5.74, 6) is 0.956. The van der Waals surface area contributed by atoms with Crippen molar-refractivity contribution >= 4 is 18.4 Å². The van der Waals surface area contributed by atoms with Crippen LogP contribution in [0.15, 0.2) is 0 Å². The van der Waals surface area contributed by atoms with Crippen LogP contribution in [0.3, 0.4) is 0 Å². The average molecular weight is 205 g/mol. The lowest BCUT2D eigenvalue weighted by molar-refractivity contribution is -0.159. The summed E-state index contributed by atoms with van der Waals surface area (Å²) in [7, 11) is 1.51. The maximum absolute atomic E-state index is 11.5. The van der Waals surface area contributed by atoms with Gasteiger partial charge in [0.1, 0.15) is 0 Å². The topological polar surface area (TPSA) is 26.3 Å². The Balaban J connectivity index is 0.000000845. The normalized spacial score (nSPS) is 36.5. The monoisotopic (exact) mass is 204 g/mol. The summed E-state index contributed by atoms with van der Waals surface area (Å²) in [4.78, 5) is 11.5. The van der Waals surface area contributed by atoms with E-state index in [1.165, 1.54) is 26.4 Å². The van der Waals surface area contributed by atoms with Gasteiger partial charge in [-0.15, -0.1) is 12.4 Å². The maximum atomic E-state index is 11.5. The molecule has 0 aliphatic heterocycles. The third kappa shape index (κ3) is 1.69. The molecule has 0 atom stereocenters. The van der Waals surface area contributed by atoms with Crippen LogP contribution in [0.1, 0.15) is 38.5 Å². The Morgan fingerprint density at radius 2 is 1.69 bits per heavy atom. The Bertz CT molecular complexity index is 181. The van der Waals surface area contributed by atoms with Gasteiger partial charge < -0.3 is 4.74 Å². The van der Waals surface area contributed by atoms with Gasteiger partial charge in [-0.2, -0.15) is 0 Å². The first kappa shape index (κ1) is 10.8. The summed E-state index contributed by atoms with van der Waals surface area (Å²) in [6.07, 6.45) is 6.96. The van der Waals surface area contributed by atoms with Crippen LogP contribution in [-0.2, 0) is 9.53 Å². The number of esters is 1. The van der Waals surface area contributed by atoms with Gasteiger partial charge in [-0.05, 0) is 44.4 Å². The zero-order valence-electron chi connectivity index (χ0n) is 8.04. The molecule has 2 nitrogen and oxygen atoms in total. The van der Waals surface area contributed by atoms with E-state index in [4.69, 9.17) is 4.74 Å². The molecular weight excluding hydrogens is 188 g/mol. The van der Waals surface area contributed by atoms with E-state index >= 15 is 0 Å². The molecule has 0 aromatic rings. The molecule has 0 aromatic heterocycles. The maximum Gasteiger partial charge on any atom is 0.311 e. The van der Waals surface area contributed by atoms with Crippen molar-refractivity contribution in [2.24, 2.45) is 11.3 Å². The van der Waals surface area contributed by atoms with Crippen molar-refractivity contribution in [3.63, 3.8) is 0 Å². The highest BCUT2D eigenvalue weighted by molar-refractivity contribution is 5.85. The van der Waals surface area contributed by atoms with Gasteiger partial charge in [-0.1, -0.05) is 0 Å². The van der Waals surface area contributed by atoms with E-state index in [0.29, 0.717) is 0 Å². The second-order valence-electron chi connectivity index (χ2n) is 4.25. The van der Waals surface area contributed by atoms with E-state index in [-0.39, 0.29) is 23.8 Å². The molecule has 3 heteroatoms. The fraction of sp³-hybridized carbons (Fsp3) is 0.900. The molecule has 76 valence electrons. The zero-order valence-corrected chi connectivity index (χ0v) is 8.86. The molecule has 0 amide bonds. The second kappa shape index (κ2) is 3.87. The average Bonchev–Trinajstić information content (AvgIpc) is 2.19. The molecule has 0 aromatic carbocycles. The fourth-order valence-corrected chi connectivity index (χ4v) is 2.77. The van der Waals surface area contributed by atoms with Crippen LogP contribution in [0.4, 0.5) is 0 Å². The van der Waals surface area contributed by atoms with Gasteiger partial charge in [0.2, 0.25) is 0 Å². The summed E-state index contributed by atoms with van der Waals surface area (Å²) in [6, 6.07) is 0. The van der Waals surface area contributed by atoms with E-state index in [2.05, 4.69) is 0 Å². The minimum Gasteiger partial charge on any atom is -0.469 e. The fourth-order valence-electron chi connectivity index (χ4n) is 2.77. The first-order chi connectivity index (χ1) is 5.77. The number of methoxy groups -OCH3 is 1. The van der Waals surface area contributed by atoms with Crippen LogP contribution in [0.25, 0.3) is 0 Å². The third-order valence-corrected chi connectivity index (χ3v) is 3.71. The minimum atomic E-state index is -0.0660. The summed E-state index contributed by atoms with van der Waals surface area (Å²) in [5, 5.41) is 0. The summed E-state index contributed by atoms with van der Waals surface area (Å²) < 4.78 is 4.87. The highest BCUT2D eigenvalue weighted by Crippen LogP contribution is 2.50. The molecular formula is C10H17ClO2. The molecule has 3 fully saturated rings. The van der Waals surface area contributed by atoms with Crippen LogP contribution >= 0.6 is 12.4 Å². The minimum absolute atomic E-state index is 0. The molecule has 0 radical (unpaired) electrons. The van der Waals surface area contributed by atoms with Crippen LogP contribution < -0.4 is 0 Å². The van der Waals surface area contributed by atoms with E-state index in [1.807, 2.05) is 0 Å². The predicted octanol–water partition coefficient (Wildman–Crippen LogP) is 2.55. The van der Waals surface area contributed by atoms with Gasteiger partial charge in [0.15, 0.2) is 0 Å². The number of hydrogen-bond acceptors (Lipinski definition) is 2. The molecule has 0 unspecified atom stereocenters. The van der Waals surface area contributed by atoms with Crippen molar-refractivity contribution in [3.05, 3.63) is 0 Å². The number of hydrogen-bond donors (Lipinski definition) is 0. The van der Waals surface area contributed by atoms with Crippen molar-refractivity contribution < 1.29 is 9.53 Å². The number of fused-ring (bicyclic) bond motifs is 3. The summed E-state index contributed by atoms with van der Waals surface area (Å²) >= 11 is 0. The number of rotatable bonds is 1. The van der Waals surface area contributed by atoms with Crippen molar-refractivity contribution in [2.45, 2.75) is 38.5 Å². The Morgan fingerprint density at radius 3 is 2.08 bits per heavy atom. The van der Waals surface area contributed by atoms with E-state index < -0.39 is 0 Å². The predicted molar refractivity (Wildman–Crippen MR) is 52.9 cm³/mol. The van der Waals surface area contributed by atoms with E-state index in [9.17, 15) is 4.79 Å². The van der Waals surface area contributed by atoms with Crippen molar-refractivity contribution in [1.29, 1.82) is 0 Å². The molecule has 3 aliphatic rings. The van der Waals surface area contributed by atoms with Gasteiger partial charge in [0, 0.05) is 0 Å². The summed E-state index contributed by atoms with van der Waals surface area (Å²) in [5.41, 5.74) is -0.0660. The number of ether oxygens (including phenoxy) is 1. The highest BCUT2D eigenvalue weighted by atomic mass is 35.5. The molecule has 0 spiro atoms. The van der Waals surface area contributed by atoms with Crippen molar-refractivity contribution in [1.82, 2.24) is 0 Å². The summed E-state index contributed by atoms with van der Waals surface area (Å²) in [6.45, 7) is 0. The molecule has 3 saturated carbocycles. The molecule has 0 N–H and O–H groups in total. The lowest BCUT2D eigenvalue weighted by Gasteiger charge is -2.44. The number of halogens is 1. The molecule has 0 saturated heterocycles. The molecule has 3 rings (SSSR count). The molecule has 3 aliphatic carbocycles. The largest absolute Gasteiger partial charge is 0.469 e. The lowest BCUT2D eigenvalue weighted by atomic mass is 9.61. The Labute approximate surface area is 85.4 Å². The number of carbonyl (C=O) groups excluding carboxylic acids is 1. The van der Waals surface area contributed by atoms with Crippen LogP contribution in [0, 0.1) is 11.3 Å². The van der Waals surface area contributed by atoms with Gasteiger partial charge in [-0.3, -0.25) is 4.79 Å². The quantitative estimate of drug-likeness (QED) is 0.614. The highest BCUT2D eigenvalue weighted by Gasteiger charge is 2.46. The van der Waals surface area contributed by atoms with E-state index in [0.717, 1.165) is 25.2 Å². The first-order valence-electron chi connectivity index (χ1n) is 4.85. The van der Waals surface area contributed by atoms with Crippen molar-refractivity contribution in [2.75, 3.05) is 7.11 Å². The second-order valence-corrected chi connectivity index (χ2v) is 4.25.